The summed E-state index contributed by atoms with van der Waals surface area (Å²) >= 11 is 0. The minimum absolute atomic E-state index is 0.0218. The van der Waals surface area contributed by atoms with Gasteiger partial charge in [0.1, 0.15) is 54.6 Å². The molecule has 9 rings (SSSR count). The summed E-state index contributed by atoms with van der Waals surface area (Å²) in [7, 11) is -2.31. The average Bonchev–Trinajstić information content (AvgIpc) is 3.87. The van der Waals surface area contributed by atoms with E-state index in [9.17, 15) is 9.18 Å². The number of hydrogen-bond donors (Lipinski definition) is 0. The Balaban J connectivity index is 1.23. The first-order valence-corrected chi connectivity index (χ1v) is 25.4. The van der Waals surface area contributed by atoms with Crippen LogP contribution in [0.3, 0.4) is 0 Å². The summed E-state index contributed by atoms with van der Waals surface area (Å²) < 4.78 is 67.5. The summed E-state index contributed by atoms with van der Waals surface area (Å²) in [5.74, 6) is 2.68. The van der Waals surface area contributed by atoms with Gasteiger partial charge in [0.05, 0.1) is 35.6 Å². The van der Waals surface area contributed by atoms with Crippen LogP contribution in [-0.4, -0.2) is 101 Å². The molecule has 5 atom stereocenters. The number of benzene rings is 2. The number of rotatable bonds is 7. The van der Waals surface area contributed by atoms with E-state index >= 15 is 8.78 Å². The number of pyridine rings is 1. The molecule has 7 heterocycles. The molecular formula is C50H61F3N6O4Si. The number of halogens is 3. The summed E-state index contributed by atoms with van der Waals surface area (Å²) in [5.41, 5.74) is 4.70. The fourth-order valence-corrected chi connectivity index (χ4v) is 17.4. The third-order valence-electron chi connectivity index (χ3n) is 14.9. The van der Waals surface area contributed by atoms with Crippen molar-refractivity contribution in [1.29, 1.82) is 0 Å². The van der Waals surface area contributed by atoms with Crippen LogP contribution in [0, 0.1) is 23.1 Å². The van der Waals surface area contributed by atoms with Gasteiger partial charge in [-0.25, -0.2) is 22.9 Å². The number of piperazine rings is 1. The van der Waals surface area contributed by atoms with Crippen molar-refractivity contribution in [2.45, 2.75) is 153 Å². The Hall–Kier alpha value is -4.87. The fourth-order valence-electron chi connectivity index (χ4n) is 12.2. The molecule has 0 aliphatic carbocycles. The normalized spacial score (nSPS) is 25.0. The first-order valence-electron chi connectivity index (χ1n) is 23.1. The largest absolute Gasteiger partial charge is 0.472 e. The van der Waals surface area contributed by atoms with Gasteiger partial charge in [-0.1, -0.05) is 71.7 Å². The number of hydrogen-bond acceptors (Lipinski definition) is 9. The van der Waals surface area contributed by atoms with Crippen LogP contribution in [-0.2, 0) is 4.74 Å². The van der Waals surface area contributed by atoms with Crippen LogP contribution in [0.4, 0.5) is 23.8 Å². The van der Waals surface area contributed by atoms with Crippen molar-refractivity contribution in [3.8, 4) is 34.6 Å². The molecule has 340 valence electrons. The van der Waals surface area contributed by atoms with Gasteiger partial charge in [-0.15, -0.1) is 5.54 Å². The first-order chi connectivity index (χ1) is 30.4. The summed E-state index contributed by atoms with van der Waals surface area (Å²) in [5, 5.41) is 1.45. The van der Waals surface area contributed by atoms with E-state index in [1.807, 2.05) is 44.7 Å². The number of aromatic nitrogens is 3. The molecule has 0 spiro atoms. The topological polar surface area (TPSA) is 93.2 Å². The van der Waals surface area contributed by atoms with Crippen molar-refractivity contribution in [2.75, 3.05) is 31.1 Å². The maximum absolute atomic E-state index is 18.0. The third-order valence-corrected chi connectivity index (χ3v) is 21.2. The van der Waals surface area contributed by atoms with E-state index in [1.54, 1.807) is 12.1 Å². The van der Waals surface area contributed by atoms with Crippen molar-refractivity contribution in [1.82, 2.24) is 24.8 Å². The second-order valence-corrected chi connectivity index (χ2v) is 26.3. The van der Waals surface area contributed by atoms with Gasteiger partial charge in [0, 0.05) is 24.0 Å². The van der Waals surface area contributed by atoms with Crippen LogP contribution in [0.5, 0.6) is 11.9 Å². The summed E-state index contributed by atoms with van der Waals surface area (Å²) in [6.07, 6.45) is 3.53. The molecule has 1 amide bonds. The molecule has 4 aromatic rings. The molecule has 4 saturated heterocycles. The lowest BCUT2D eigenvalue weighted by molar-refractivity contribution is 0.000934. The molecule has 2 aromatic carbocycles. The zero-order valence-corrected chi connectivity index (χ0v) is 39.8. The zero-order chi connectivity index (χ0) is 45.6. The summed E-state index contributed by atoms with van der Waals surface area (Å²) in [4.78, 5) is 34.9. The van der Waals surface area contributed by atoms with Gasteiger partial charge in [0.15, 0.2) is 5.82 Å². The fraction of sp³-hybridized carbons (Fsp3) is 0.560. The molecule has 2 bridgehead atoms. The number of anilines is 1. The molecule has 4 fully saturated rings. The highest BCUT2D eigenvalue weighted by molar-refractivity contribution is 6.90. The highest BCUT2D eigenvalue weighted by Gasteiger charge is 2.54. The number of carbonyl (C=O) groups excluding carboxylic acids is 1. The lowest BCUT2D eigenvalue weighted by Crippen LogP contribution is -2.65. The van der Waals surface area contributed by atoms with Crippen molar-refractivity contribution in [3.63, 3.8) is 0 Å². The number of nitrogens with zero attached hydrogens (tertiary/aromatic N) is 6. The van der Waals surface area contributed by atoms with Crippen LogP contribution in [0.1, 0.15) is 107 Å². The third kappa shape index (κ3) is 7.20. The summed E-state index contributed by atoms with van der Waals surface area (Å²) in [6.45, 7) is 22.7. The minimum atomic E-state index is -2.31. The first kappa shape index (κ1) is 44.3. The van der Waals surface area contributed by atoms with E-state index in [0.717, 1.165) is 25.8 Å². The van der Waals surface area contributed by atoms with Gasteiger partial charge in [-0.2, -0.15) is 9.97 Å². The van der Waals surface area contributed by atoms with Crippen LogP contribution in [0.2, 0.25) is 16.6 Å². The van der Waals surface area contributed by atoms with Crippen LogP contribution >= 0.6 is 0 Å². The smallest absolute Gasteiger partial charge is 0.410 e. The SMILES string of the molecule is CC(C)[Si](C#Cc1c(F)ccc2cccc(-c3nc4c5c(nc(OCC67CCCN6C/C(=C/F)C7)nc5c3F)N3C[C@H]5CC[C@@H]([C@H]3[C@H](C)O4)N5C(=O)OC(C)(C)C)c12)(C(C)C)C(C)C. The van der Waals surface area contributed by atoms with Gasteiger partial charge >= 0.3 is 12.1 Å². The Morgan fingerprint density at radius 3 is 2.48 bits per heavy atom. The lowest BCUT2D eigenvalue weighted by Gasteiger charge is -2.48. The van der Waals surface area contributed by atoms with Crippen molar-refractivity contribution < 1.29 is 32.2 Å². The lowest BCUT2D eigenvalue weighted by atomic mass is 9.94. The van der Waals surface area contributed by atoms with Crippen LogP contribution in [0.25, 0.3) is 32.9 Å². The highest BCUT2D eigenvalue weighted by Crippen LogP contribution is 2.48. The Kier molecular flexibility index (Phi) is 11.2. The van der Waals surface area contributed by atoms with Crippen molar-refractivity contribution in [2.24, 2.45) is 0 Å². The Labute approximate surface area is 375 Å². The van der Waals surface area contributed by atoms with E-state index in [-0.39, 0.29) is 53.4 Å². The molecule has 14 heteroatoms. The number of fused-ring (bicyclic) bond motifs is 7. The number of carbonyl (C=O) groups is 1. The predicted molar refractivity (Wildman–Crippen MR) is 247 cm³/mol. The second kappa shape index (κ2) is 16.2. The average molecular weight is 895 g/mol. The molecule has 5 aliphatic heterocycles. The minimum Gasteiger partial charge on any atom is -0.472 e. The predicted octanol–water partition coefficient (Wildman–Crippen LogP) is 10.9. The van der Waals surface area contributed by atoms with Gasteiger partial charge < -0.3 is 19.1 Å². The van der Waals surface area contributed by atoms with E-state index in [1.165, 1.54) is 6.07 Å². The highest BCUT2D eigenvalue weighted by atomic mass is 28.3. The molecule has 2 aromatic heterocycles. The maximum Gasteiger partial charge on any atom is 0.410 e. The zero-order valence-electron chi connectivity index (χ0n) is 38.8. The second-order valence-electron chi connectivity index (χ2n) is 20.7. The van der Waals surface area contributed by atoms with Gasteiger partial charge in [-0.05, 0) is 100.0 Å². The van der Waals surface area contributed by atoms with Crippen LogP contribution < -0.4 is 14.4 Å². The molecule has 5 aliphatic rings. The Bertz CT molecular complexity index is 2600. The van der Waals surface area contributed by atoms with E-state index < -0.39 is 43.0 Å². The summed E-state index contributed by atoms with van der Waals surface area (Å²) in [6, 6.07) is 7.64. The molecule has 10 nitrogen and oxygen atoms in total. The monoisotopic (exact) mass is 894 g/mol. The molecule has 0 radical (unpaired) electrons. The molecule has 0 saturated carbocycles. The van der Waals surface area contributed by atoms with E-state index in [2.05, 4.69) is 62.8 Å². The molecule has 0 N–H and O–H groups in total. The van der Waals surface area contributed by atoms with Crippen molar-refractivity contribution >= 4 is 41.7 Å². The quantitative estimate of drug-likeness (QED) is 0.133. The number of ether oxygens (including phenoxy) is 3. The van der Waals surface area contributed by atoms with E-state index in [4.69, 9.17) is 29.2 Å². The van der Waals surface area contributed by atoms with Gasteiger partial charge in [-0.3, -0.25) is 9.80 Å². The Morgan fingerprint density at radius 2 is 1.78 bits per heavy atom. The van der Waals surface area contributed by atoms with Crippen LogP contribution in [0.15, 0.2) is 42.2 Å². The molecular weight excluding hydrogens is 834 g/mol. The van der Waals surface area contributed by atoms with E-state index in [0.29, 0.717) is 82.0 Å². The molecule has 1 unspecified atom stereocenters. The maximum atomic E-state index is 18.0. The van der Waals surface area contributed by atoms with Crippen molar-refractivity contribution in [3.05, 3.63) is 59.4 Å². The number of amides is 1. The molecule has 64 heavy (non-hydrogen) atoms. The van der Waals surface area contributed by atoms with Gasteiger partial charge in [0.25, 0.3) is 0 Å². The Morgan fingerprint density at radius 1 is 1.03 bits per heavy atom. The van der Waals surface area contributed by atoms with Gasteiger partial charge in [0.2, 0.25) is 5.88 Å². The standard InChI is InChI=1S/C50H61F3N6O4Si/c1-28(2)64(29(3)4,30(5)6)22-19-35-37(52)17-15-33-13-11-14-36(39(33)35)42-41(53)43-40-45(56-47(55-43)61-27-50-20-12-21-57(50)25-32(23-50)24-51)58-26-34-16-18-38(44(58)31(7)62-46(40)54-42)59(34)48(60)63-49(8,9)10/h11,13-15,17,24,28-31,34,38,44H,12,16,18,20-21,23,25-27H2,1-10H3/b32-24+/t31-,34+,38-,44+,50?/m0/s1.